The zero-order chi connectivity index (χ0) is 14.5. The van der Waals surface area contributed by atoms with Gasteiger partial charge >= 0.3 is 0 Å². The summed E-state index contributed by atoms with van der Waals surface area (Å²) in [5.74, 6) is 1.21. The third-order valence-corrected chi connectivity index (χ3v) is 2.56. The van der Waals surface area contributed by atoms with E-state index < -0.39 is 0 Å². The average molecular weight is 267 g/mol. The molecule has 1 aromatic rings. The summed E-state index contributed by atoms with van der Waals surface area (Å²) in [4.78, 5) is 8.44. The number of hydrogen-bond acceptors (Lipinski definition) is 5. The third kappa shape index (κ3) is 6.38. The van der Waals surface area contributed by atoms with Gasteiger partial charge in [-0.3, -0.25) is 4.98 Å². The molecule has 5 heteroatoms. The van der Waals surface area contributed by atoms with Gasteiger partial charge in [0, 0.05) is 6.54 Å². The molecule has 0 aliphatic rings. The second-order valence-corrected chi connectivity index (χ2v) is 5.98. The molecule has 1 atom stereocenters. The zero-order valence-corrected chi connectivity index (χ0v) is 12.5. The summed E-state index contributed by atoms with van der Waals surface area (Å²) in [6.07, 6.45) is 3.78. The van der Waals surface area contributed by atoms with Gasteiger partial charge in [-0.2, -0.15) is 4.98 Å². The second kappa shape index (κ2) is 6.70. The van der Waals surface area contributed by atoms with Crippen molar-refractivity contribution in [3.63, 3.8) is 0 Å². The van der Waals surface area contributed by atoms with E-state index in [1.54, 1.807) is 19.3 Å². The highest BCUT2D eigenvalue weighted by molar-refractivity contribution is 5.33. The van der Waals surface area contributed by atoms with Crippen LogP contribution in [0.2, 0.25) is 0 Å². The molecule has 0 bridgehead atoms. The maximum Gasteiger partial charge on any atom is 0.234 e. The van der Waals surface area contributed by atoms with E-state index in [1.807, 2.05) is 13.8 Å². The van der Waals surface area contributed by atoms with E-state index in [0.29, 0.717) is 11.7 Å². The van der Waals surface area contributed by atoms with Crippen LogP contribution in [-0.4, -0.2) is 33.8 Å². The molecule has 0 fully saturated rings. The van der Waals surface area contributed by atoms with Gasteiger partial charge < -0.3 is 15.2 Å². The molecule has 0 amide bonds. The number of aromatic nitrogens is 2. The molecule has 5 nitrogen and oxygen atoms in total. The van der Waals surface area contributed by atoms with Crippen molar-refractivity contribution in [3.05, 3.63) is 12.4 Å². The molecule has 19 heavy (non-hydrogen) atoms. The van der Waals surface area contributed by atoms with Crippen molar-refractivity contribution in [2.24, 2.45) is 5.41 Å². The summed E-state index contributed by atoms with van der Waals surface area (Å²) in [6, 6.07) is 0. The molecule has 0 spiro atoms. The first-order chi connectivity index (χ1) is 8.78. The van der Waals surface area contributed by atoms with E-state index >= 15 is 0 Å². The van der Waals surface area contributed by atoms with Gasteiger partial charge in [-0.25, -0.2) is 0 Å². The minimum atomic E-state index is -0.307. The van der Waals surface area contributed by atoms with Crippen LogP contribution >= 0.6 is 0 Å². The highest BCUT2D eigenvalue weighted by Crippen LogP contribution is 2.23. The van der Waals surface area contributed by atoms with Gasteiger partial charge in [0.25, 0.3) is 0 Å². The van der Waals surface area contributed by atoms with Crippen LogP contribution in [0.25, 0.3) is 0 Å². The Morgan fingerprint density at radius 2 is 2.00 bits per heavy atom. The third-order valence-electron chi connectivity index (χ3n) is 2.56. The standard InChI is InChI=1S/C14H25N3O2/c1-10(2)19-13-8-15-7-12(17-13)16-9-14(4,5)6-11(3)18/h7-8,10-11,18H,6,9H2,1-5H3,(H,16,17). The fourth-order valence-corrected chi connectivity index (χ4v) is 1.93. The first kappa shape index (κ1) is 15.7. The van der Waals surface area contributed by atoms with Crippen LogP contribution in [0.3, 0.4) is 0 Å². The molecule has 2 N–H and O–H groups in total. The number of nitrogens with one attached hydrogen (secondary N) is 1. The highest BCUT2D eigenvalue weighted by Gasteiger charge is 2.20. The topological polar surface area (TPSA) is 67.3 Å². The molecule has 1 heterocycles. The molecular formula is C14H25N3O2. The van der Waals surface area contributed by atoms with E-state index in [4.69, 9.17) is 4.74 Å². The van der Waals surface area contributed by atoms with E-state index in [1.165, 1.54) is 0 Å². The van der Waals surface area contributed by atoms with Crippen LogP contribution in [0.5, 0.6) is 5.88 Å². The Labute approximate surface area is 115 Å². The monoisotopic (exact) mass is 267 g/mol. The number of rotatable bonds is 7. The van der Waals surface area contributed by atoms with Gasteiger partial charge in [-0.05, 0) is 32.6 Å². The Hall–Kier alpha value is -1.36. The predicted octanol–water partition coefficient (Wildman–Crippen LogP) is 2.47. The number of anilines is 1. The van der Waals surface area contributed by atoms with Crippen molar-refractivity contribution in [1.29, 1.82) is 0 Å². The van der Waals surface area contributed by atoms with Gasteiger partial charge in [0.1, 0.15) is 5.82 Å². The summed E-state index contributed by atoms with van der Waals surface area (Å²) in [5.41, 5.74) is -0.00917. The van der Waals surface area contributed by atoms with E-state index in [2.05, 4.69) is 29.1 Å². The molecule has 1 rings (SSSR count). The van der Waals surface area contributed by atoms with Crippen LogP contribution < -0.4 is 10.1 Å². The molecule has 0 aliphatic heterocycles. The minimum absolute atomic E-state index is 0.00917. The zero-order valence-electron chi connectivity index (χ0n) is 12.5. The van der Waals surface area contributed by atoms with Crippen molar-refractivity contribution < 1.29 is 9.84 Å². The lowest BCUT2D eigenvalue weighted by atomic mass is 9.87. The first-order valence-electron chi connectivity index (χ1n) is 6.69. The van der Waals surface area contributed by atoms with Crippen LogP contribution in [0.1, 0.15) is 41.0 Å². The molecule has 0 aromatic carbocycles. The lowest BCUT2D eigenvalue weighted by Crippen LogP contribution is -2.27. The van der Waals surface area contributed by atoms with Crippen molar-refractivity contribution in [1.82, 2.24) is 9.97 Å². The summed E-state index contributed by atoms with van der Waals surface area (Å²) in [6.45, 7) is 10.6. The minimum Gasteiger partial charge on any atom is -0.474 e. The first-order valence-corrected chi connectivity index (χ1v) is 6.69. The number of nitrogens with zero attached hydrogens (tertiary/aromatic N) is 2. The molecular weight excluding hydrogens is 242 g/mol. The maximum atomic E-state index is 9.45. The Morgan fingerprint density at radius 3 is 2.58 bits per heavy atom. The van der Waals surface area contributed by atoms with Crippen molar-refractivity contribution in [2.45, 2.75) is 53.2 Å². The highest BCUT2D eigenvalue weighted by atomic mass is 16.5. The Balaban J connectivity index is 2.57. The Bertz CT molecular complexity index is 392. The van der Waals surface area contributed by atoms with Gasteiger partial charge in [0.2, 0.25) is 5.88 Å². The fourth-order valence-electron chi connectivity index (χ4n) is 1.93. The van der Waals surface area contributed by atoms with Crippen LogP contribution in [-0.2, 0) is 0 Å². The summed E-state index contributed by atoms with van der Waals surface area (Å²) >= 11 is 0. The lowest BCUT2D eigenvalue weighted by Gasteiger charge is -2.26. The molecule has 0 aliphatic carbocycles. The van der Waals surface area contributed by atoms with Gasteiger partial charge in [0.15, 0.2) is 0 Å². The Morgan fingerprint density at radius 1 is 1.32 bits per heavy atom. The summed E-state index contributed by atoms with van der Waals surface area (Å²) < 4.78 is 5.50. The van der Waals surface area contributed by atoms with E-state index in [9.17, 15) is 5.11 Å². The predicted molar refractivity (Wildman–Crippen MR) is 76.4 cm³/mol. The maximum absolute atomic E-state index is 9.45. The number of ether oxygens (including phenoxy) is 1. The molecule has 0 saturated heterocycles. The van der Waals surface area contributed by atoms with Gasteiger partial charge in [0.05, 0.1) is 24.6 Å². The lowest BCUT2D eigenvalue weighted by molar-refractivity contribution is 0.135. The molecule has 108 valence electrons. The normalized spacial score (nSPS) is 13.4. The van der Waals surface area contributed by atoms with E-state index in [0.717, 1.165) is 13.0 Å². The molecule has 0 saturated carbocycles. The van der Waals surface area contributed by atoms with Crippen molar-refractivity contribution in [3.8, 4) is 5.88 Å². The van der Waals surface area contributed by atoms with Crippen molar-refractivity contribution in [2.75, 3.05) is 11.9 Å². The Kier molecular flexibility index (Phi) is 5.54. The average Bonchev–Trinajstić information content (AvgIpc) is 2.24. The number of hydrogen-bond donors (Lipinski definition) is 2. The quantitative estimate of drug-likeness (QED) is 0.794. The van der Waals surface area contributed by atoms with E-state index in [-0.39, 0.29) is 17.6 Å². The summed E-state index contributed by atoms with van der Waals surface area (Å²) in [5, 5.41) is 12.7. The number of aliphatic hydroxyl groups excluding tert-OH is 1. The van der Waals surface area contributed by atoms with Crippen molar-refractivity contribution >= 4 is 5.82 Å². The smallest absolute Gasteiger partial charge is 0.234 e. The molecule has 1 unspecified atom stereocenters. The molecule has 0 radical (unpaired) electrons. The van der Waals surface area contributed by atoms with Crippen LogP contribution in [0.4, 0.5) is 5.82 Å². The SMILES string of the molecule is CC(O)CC(C)(C)CNc1cncc(OC(C)C)n1. The van der Waals surface area contributed by atoms with Gasteiger partial charge in [-0.1, -0.05) is 13.8 Å². The molecule has 1 aromatic heterocycles. The second-order valence-electron chi connectivity index (χ2n) is 5.98. The summed E-state index contributed by atoms with van der Waals surface area (Å²) in [7, 11) is 0. The fraction of sp³-hybridized carbons (Fsp3) is 0.714. The van der Waals surface area contributed by atoms with Crippen LogP contribution in [0, 0.1) is 5.41 Å². The van der Waals surface area contributed by atoms with Crippen LogP contribution in [0.15, 0.2) is 12.4 Å². The largest absolute Gasteiger partial charge is 0.474 e. The number of aliphatic hydroxyl groups is 1. The van der Waals surface area contributed by atoms with Gasteiger partial charge in [-0.15, -0.1) is 0 Å².